The van der Waals surface area contributed by atoms with E-state index in [4.69, 9.17) is 0 Å². The van der Waals surface area contributed by atoms with Crippen LogP contribution in [0.3, 0.4) is 0 Å². The SMILES string of the molecule is C=CCCCCCC[C@@H](NC(=O)Cc1ccc(F)cc1)C(=O)O. The number of rotatable bonds is 11. The molecule has 5 heteroatoms. The summed E-state index contributed by atoms with van der Waals surface area (Å²) in [4.78, 5) is 23.1. The average Bonchev–Trinajstić information content (AvgIpc) is 2.51. The molecule has 4 nitrogen and oxygen atoms in total. The number of hydrogen-bond donors (Lipinski definition) is 2. The van der Waals surface area contributed by atoms with Gasteiger partial charge < -0.3 is 10.4 Å². The maximum atomic E-state index is 12.8. The summed E-state index contributed by atoms with van der Waals surface area (Å²) >= 11 is 0. The van der Waals surface area contributed by atoms with Crippen molar-refractivity contribution in [1.82, 2.24) is 5.32 Å². The Morgan fingerprint density at radius 2 is 1.83 bits per heavy atom. The maximum absolute atomic E-state index is 12.8. The number of carbonyl (C=O) groups is 2. The monoisotopic (exact) mass is 321 g/mol. The number of halogens is 1. The van der Waals surface area contributed by atoms with Crippen molar-refractivity contribution in [2.75, 3.05) is 0 Å². The molecule has 0 unspecified atom stereocenters. The van der Waals surface area contributed by atoms with E-state index in [0.29, 0.717) is 12.0 Å². The van der Waals surface area contributed by atoms with E-state index in [9.17, 15) is 19.1 Å². The minimum atomic E-state index is -1.02. The molecule has 1 aromatic rings. The van der Waals surface area contributed by atoms with E-state index in [0.717, 1.165) is 32.1 Å². The molecule has 0 aliphatic rings. The lowest BCUT2D eigenvalue weighted by atomic mass is 10.1. The second-order valence-corrected chi connectivity index (χ2v) is 5.54. The molecule has 0 saturated heterocycles. The smallest absolute Gasteiger partial charge is 0.326 e. The van der Waals surface area contributed by atoms with Crippen molar-refractivity contribution in [2.45, 2.75) is 51.0 Å². The fourth-order valence-corrected chi connectivity index (χ4v) is 2.28. The van der Waals surface area contributed by atoms with Gasteiger partial charge in [-0.05, 0) is 37.0 Å². The number of unbranched alkanes of at least 4 members (excludes halogenated alkanes) is 4. The molecule has 0 bridgehead atoms. The number of carboxylic acids is 1. The molecular weight excluding hydrogens is 297 g/mol. The molecule has 0 aliphatic carbocycles. The minimum absolute atomic E-state index is 0.0450. The van der Waals surface area contributed by atoms with Gasteiger partial charge in [-0.1, -0.05) is 37.5 Å². The molecule has 0 aliphatic heterocycles. The van der Waals surface area contributed by atoms with Gasteiger partial charge in [0.2, 0.25) is 5.91 Å². The van der Waals surface area contributed by atoms with Gasteiger partial charge >= 0.3 is 5.97 Å². The molecule has 0 radical (unpaired) electrons. The maximum Gasteiger partial charge on any atom is 0.326 e. The van der Waals surface area contributed by atoms with E-state index in [1.165, 1.54) is 24.3 Å². The van der Waals surface area contributed by atoms with Crippen molar-refractivity contribution in [3.05, 3.63) is 48.3 Å². The van der Waals surface area contributed by atoms with Crippen molar-refractivity contribution in [2.24, 2.45) is 0 Å². The zero-order chi connectivity index (χ0) is 17.1. The zero-order valence-electron chi connectivity index (χ0n) is 13.3. The molecule has 2 N–H and O–H groups in total. The van der Waals surface area contributed by atoms with Crippen molar-refractivity contribution >= 4 is 11.9 Å². The Hall–Kier alpha value is -2.17. The standard InChI is InChI=1S/C18H24FNO3/c1-2-3-4-5-6-7-8-16(18(22)23)20-17(21)13-14-9-11-15(19)12-10-14/h2,9-12,16H,1,3-8,13H2,(H,20,21)(H,22,23)/t16-/m1/s1. The lowest BCUT2D eigenvalue weighted by Gasteiger charge is -2.14. The highest BCUT2D eigenvalue weighted by molar-refractivity contribution is 5.84. The summed E-state index contributed by atoms with van der Waals surface area (Å²) in [6, 6.07) is 4.72. The van der Waals surface area contributed by atoms with Gasteiger partial charge in [-0.15, -0.1) is 6.58 Å². The topological polar surface area (TPSA) is 66.4 Å². The first kappa shape index (κ1) is 18.9. The summed E-state index contributed by atoms with van der Waals surface area (Å²) in [5.74, 6) is -1.76. The third-order valence-corrected chi connectivity index (χ3v) is 3.56. The zero-order valence-corrected chi connectivity index (χ0v) is 13.3. The van der Waals surface area contributed by atoms with E-state index >= 15 is 0 Å². The number of aliphatic carboxylic acids is 1. The first-order chi connectivity index (χ1) is 11.0. The highest BCUT2D eigenvalue weighted by atomic mass is 19.1. The van der Waals surface area contributed by atoms with Crippen LogP contribution in [0, 0.1) is 5.82 Å². The Balaban J connectivity index is 2.36. The van der Waals surface area contributed by atoms with Crippen LogP contribution >= 0.6 is 0 Å². The second kappa shape index (κ2) is 10.5. The predicted octanol–water partition coefficient (Wildman–Crippen LogP) is 3.46. The van der Waals surface area contributed by atoms with E-state index < -0.39 is 12.0 Å². The number of amides is 1. The Kier molecular flexibility index (Phi) is 8.65. The lowest BCUT2D eigenvalue weighted by Crippen LogP contribution is -2.41. The highest BCUT2D eigenvalue weighted by Gasteiger charge is 2.19. The normalized spacial score (nSPS) is 11.7. The van der Waals surface area contributed by atoms with Crippen LogP contribution in [0.4, 0.5) is 4.39 Å². The molecule has 0 heterocycles. The third kappa shape index (κ3) is 8.14. The Labute approximate surface area is 136 Å². The largest absolute Gasteiger partial charge is 0.480 e. The number of carboxylic acid groups (broad SMARTS) is 1. The molecule has 23 heavy (non-hydrogen) atoms. The van der Waals surface area contributed by atoms with Crippen LogP contribution in [0.25, 0.3) is 0 Å². The quantitative estimate of drug-likeness (QED) is 0.484. The number of allylic oxidation sites excluding steroid dienone is 1. The molecule has 1 atom stereocenters. The molecule has 0 saturated carbocycles. The van der Waals surface area contributed by atoms with Crippen LogP contribution in [-0.4, -0.2) is 23.0 Å². The summed E-state index contributed by atoms with van der Waals surface area (Å²) in [5.41, 5.74) is 0.650. The third-order valence-electron chi connectivity index (χ3n) is 3.56. The molecule has 1 rings (SSSR count). The molecule has 0 spiro atoms. The number of benzene rings is 1. The van der Waals surface area contributed by atoms with Crippen molar-refractivity contribution in [1.29, 1.82) is 0 Å². The number of hydrogen-bond acceptors (Lipinski definition) is 2. The summed E-state index contributed by atoms with van der Waals surface area (Å²) < 4.78 is 12.8. The predicted molar refractivity (Wildman–Crippen MR) is 87.6 cm³/mol. The van der Waals surface area contributed by atoms with Gasteiger partial charge in [0.15, 0.2) is 0 Å². The summed E-state index contributed by atoms with van der Waals surface area (Å²) in [6.07, 6.45) is 7.07. The van der Waals surface area contributed by atoms with Gasteiger partial charge in [0, 0.05) is 0 Å². The van der Waals surface area contributed by atoms with E-state index in [2.05, 4.69) is 11.9 Å². The van der Waals surface area contributed by atoms with Gasteiger partial charge in [0.1, 0.15) is 11.9 Å². The molecule has 1 amide bonds. The fraction of sp³-hybridized carbons (Fsp3) is 0.444. The van der Waals surface area contributed by atoms with Crippen LogP contribution in [0.2, 0.25) is 0 Å². The van der Waals surface area contributed by atoms with Crippen LogP contribution < -0.4 is 5.32 Å². The van der Waals surface area contributed by atoms with Crippen LogP contribution in [0.1, 0.15) is 44.1 Å². The Morgan fingerprint density at radius 1 is 1.17 bits per heavy atom. The lowest BCUT2D eigenvalue weighted by molar-refractivity contribution is -0.142. The van der Waals surface area contributed by atoms with Crippen molar-refractivity contribution in [3.8, 4) is 0 Å². The minimum Gasteiger partial charge on any atom is -0.480 e. The highest BCUT2D eigenvalue weighted by Crippen LogP contribution is 2.09. The second-order valence-electron chi connectivity index (χ2n) is 5.54. The summed E-state index contributed by atoms with van der Waals surface area (Å²) in [6.45, 7) is 3.66. The fourth-order valence-electron chi connectivity index (χ4n) is 2.28. The molecular formula is C18H24FNO3. The van der Waals surface area contributed by atoms with Gasteiger partial charge in [-0.3, -0.25) is 4.79 Å². The van der Waals surface area contributed by atoms with Crippen molar-refractivity contribution in [3.63, 3.8) is 0 Å². The number of carbonyl (C=O) groups excluding carboxylic acids is 1. The Bertz CT molecular complexity index is 514. The van der Waals surface area contributed by atoms with Crippen molar-refractivity contribution < 1.29 is 19.1 Å². The van der Waals surface area contributed by atoms with Crippen LogP contribution in [-0.2, 0) is 16.0 Å². The molecule has 1 aromatic carbocycles. The summed E-state index contributed by atoms with van der Waals surface area (Å²) in [5, 5.41) is 11.7. The average molecular weight is 321 g/mol. The van der Waals surface area contributed by atoms with E-state index in [1.54, 1.807) is 0 Å². The summed E-state index contributed by atoms with van der Waals surface area (Å²) in [7, 11) is 0. The van der Waals surface area contributed by atoms with Gasteiger partial charge in [0.25, 0.3) is 0 Å². The van der Waals surface area contributed by atoms with E-state index in [-0.39, 0.29) is 18.1 Å². The Morgan fingerprint density at radius 3 is 2.43 bits per heavy atom. The molecule has 0 aromatic heterocycles. The van der Waals surface area contributed by atoms with Crippen LogP contribution in [0.5, 0.6) is 0 Å². The van der Waals surface area contributed by atoms with Gasteiger partial charge in [-0.25, -0.2) is 9.18 Å². The first-order valence-corrected chi connectivity index (χ1v) is 7.90. The number of nitrogens with one attached hydrogen (secondary N) is 1. The van der Waals surface area contributed by atoms with Gasteiger partial charge in [-0.2, -0.15) is 0 Å². The van der Waals surface area contributed by atoms with E-state index in [1.807, 2.05) is 6.08 Å². The molecule has 126 valence electrons. The molecule has 0 fully saturated rings. The van der Waals surface area contributed by atoms with Gasteiger partial charge in [0.05, 0.1) is 6.42 Å². The first-order valence-electron chi connectivity index (χ1n) is 7.90. The van der Waals surface area contributed by atoms with Crippen LogP contribution in [0.15, 0.2) is 36.9 Å².